The van der Waals surface area contributed by atoms with E-state index in [1.54, 1.807) is 0 Å². The number of hydrogen-bond acceptors (Lipinski definition) is 3. The Morgan fingerprint density at radius 2 is 2.27 bits per heavy atom. The molecule has 0 radical (unpaired) electrons. The summed E-state index contributed by atoms with van der Waals surface area (Å²) in [6.45, 7) is 0. The van der Waals surface area contributed by atoms with Crippen LogP contribution in [0.25, 0.3) is 11.0 Å². The van der Waals surface area contributed by atoms with Crippen molar-refractivity contribution in [2.75, 3.05) is 5.75 Å². The van der Waals surface area contributed by atoms with Gasteiger partial charge in [0.1, 0.15) is 0 Å². The van der Waals surface area contributed by atoms with Gasteiger partial charge in [0.25, 0.3) is 0 Å². The molecule has 0 aliphatic carbocycles. The van der Waals surface area contributed by atoms with Crippen LogP contribution in [0.5, 0.6) is 0 Å². The summed E-state index contributed by atoms with van der Waals surface area (Å²) in [6, 6.07) is 7.82. The van der Waals surface area contributed by atoms with Crippen LogP contribution in [0.3, 0.4) is 0 Å². The van der Waals surface area contributed by atoms with Crippen LogP contribution in [0, 0.1) is 0 Å². The minimum absolute atomic E-state index is 0.279. The van der Waals surface area contributed by atoms with Crippen molar-refractivity contribution < 1.29 is 4.79 Å². The highest BCUT2D eigenvalue weighted by Crippen LogP contribution is 2.19. The molecule has 0 aliphatic rings. The first-order chi connectivity index (χ1) is 7.25. The molecular formula is C10H11N3OS. The zero-order valence-corrected chi connectivity index (χ0v) is 8.88. The summed E-state index contributed by atoms with van der Waals surface area (Å²) in [5, 5.41) is 0.831. The minimum atomic E-state index is -0.279. The molecule has 78 valence electrons. The first kappa shape index (κ1) is 10.0. The summed E-state index contributed by atoms with van der Waals surface area (Å²) in [6.07, 6.45) is 0.377. The molecule has 1 aromatic carbocycles. The standard InChI is InChI=1S/C10H11N3OS/c11-9(14)5-6-15-10-12-7-3-1-2-4-8(7)13-10/h1-4H,5-6H2,(H2,11,14)(H,12,13). The van der Waals surface area contributed by atoms with Crippen LogP contribution in [0.1, 0.15) is 6.42 Å². The van der Waals surface area contributed by atoms with Crippen LogP contribution < -0.4 is 5.73 Å². The maximum atomic E-state index is 10.5. The SMILES string of the molecule is NC(=O)CCSc1nc2ccccc2[nH]1. The van der Waals surface area contributed by atoms with Crippen LogP contribution in [-0.2, 0) is 4.79 Å². The number of H-pyrrole nitrogens is 1. The monoisotopic (exact) mass is 221 g/mol. The Hall–Kier alpha value is -1.49. The zero-order valence-electron chi connectivity index (χ0n) is 8.06. The predicted molar refractivity (Wildman–Crippen MR) is 60.6 cm³/mol. The largest absolute Gasteiger partial charge is 0.370 e. The number of thioether (sulfide) groups is 1. The number of imidazole rings is 1. The molecule has 0 fully saturated rings. The number of nitrogens with one attached hydrogen (secondary N) is 1. The van der Waals surface area contributed by atoms with Crippen molar-refractivity contribution in [3.63, 3.8) is 0 Å². The Morgan fingerprint density at radius 1 is 1.47 bits per heavy atom. The molecule has 15 heavy (non-hydrogen) atoms. The van der Waals surface area contributed by atoms with E-state index in [0.29, 0.717) is 12.2 Å². The molecule has 5 heteroatoms. The summed E-state index contributed by atoms with van der Waals surface area (Å²) in [4.78, 5) is 18.1. The minimum Gasteiger partial charge on any atom is -0.370 e. The molecular weight excluding hydrogens is 210 g/mol. The number of nitrogens with zero attached hydrogens (tertiary/aromatic N) is 1. The number of amides is 1. The van der Waals surface area contributed by atoms with Crippen molar-refractivity contribution in [3.05, 3.63) is 24.3 Å². The number of aromatic amines is 1. The van der Waals surface area contributed by atoms with Gasteiger partial charge in [0, 0.05) is 12.2 Å². The molecule has 2 aromatic rings. The number of hydrogen-bond donors (Lipinski definition) is 2. The average molecular weight is 221 g/mol. The van der Waals surface area contributed by atoms with Crippen LogP contribution in [-0.4, -0.2) is 21.6 Å². The normalized spacial score (nSPS) is 10.7. The zero-order chi connectivity index (χ0) is 10.7. The first-order valence-corrected chi connectivity index (χ1v) is 5.60. The predicted octanol–water partition coefficient (Wildman–Crippen LogP) is 1.53. The van der Waals surface area contributed by atoms with Crippen molar-refractivity contribution >= 4 is 28.7 Å². The summed E-state index contributed by atoms with van der Waals surface area (Å²) in [5.74, 6) is 0.383. The smallest absolute Gasteiger partial charge is 0.218 e. The molecule has 1 amide bonds. The molecule has 0 unspecified atom stereocenters. The van der Waals surface area contributed by atoms with Gasteiger partial charge in [0.15, 0.2) is 5.16 Å². The Kier molecular flexibility index (Phi) is 2.91. The van der Waals surface area contributed by atoms with Gasteiger partial charge in [-0.25, -0.2) is 4.98 Å². The molecule has 4 nitrogen and oxygen atoms in total. The fourth-order valence-electron chi connectivity index (χ4n) is 1.25. The van der Waals surface area contributed by atoms with E-state index in [-0.39, 0.29) is 5.91 Å². The van der Waals surface area contributed by atoms with Crippen LogP contribution in [0.15, 0.2) is 29.4 Å². The van der Waals surface area contributed by atoms with Gasteiger partial charge in [-0.15, -0.1) is 0 Å². The number of aromatic nitrogens is 2. The molecule has 0 saturated carbocycles. The third-order valence-electron chi connectivity index (χ3n) is 1.95. The lowest BCUT2D eigenvalue weighted by atomic mass is 10.3. The molecule has 3 N–H and O–H groups in total. The van der Waals surface area contributed by atoms with Gasteiger partial charge in [-0.2, -0.15) is 0 Å². The molecule has 0 saturated heterocycles. The van der Waals surface area contributed by atoms with E-state index in [4.69, 9.17) is 5.73 Å². The molecule has 0 aliphatic heterocycles. The second kappa shape index (κ2) is 4.35. The Morgan fingerprint density at radius 3 is 3.00 bits per heavy atom. The summed E-state index contributed by atoms with van der Waals surface area (Å²) >= 11 is 1.51. The second-order valence-electron chi connectivity index (χ2n) is 3.12. The van der Waals surface area contributed by atoms with Crippen molar-refractivity contribution in [2.24, 2.45) is 5.73 Å². The van der Waals surface area contributed by atoms with Gasteiger partial charge in [-0.1, -0.05) is 23.9 Å². The first-order valence-electron chi connectivity index (χ1n) is 4.61. The summed E-state index contributed by atoms with van der Waals surface area (Å²) in [5.41, 5.74) is 7.01. The van der Waals surface area contributed by atoms with Crippen molar-refractivity contribution in [2.45, 2.75) is 11.6 Å². The maximum Gasteiger partial charge on any atom is 0.218 e. The molecule has 1 heterocycles. The summed E-state index contributed by atoms with van der Waals surface area (Å²) < 4.78 is 0. The molecule has 1 aromatic heterocycles. The molecule has 0 spiro atoms. The van der Waals surface area contributed by atoms with E-state index >= 15 is 0 Å². The van der Waals surface area contributed by atoms with Gasteiger partial charge in [0.05, 0.1) is 11.0 Å². The molecule has 0 bridgehead atoms. The number of carbonyl (C=O) groups is 1. The summed E-state index contributed by atoms with van der Waals surface area (Å²) in [7, 11) is 0. The number of rotatable bonds is 4. The lowest BCUT2D eigenvalue weighted by Crippen LogP contribution is -2.10. The van der Waals surface area contributed by atoms with Crippen molar-refractivity contribution in [3.8, 4) is 0 Å². The number of primary amides is 1. The highest BCUT2D eigenvalue weighted by atomic mass is 32.2. The van der Waals surface area contributed by atoms with E-state index in [2.05, 4.69) is 9.97 Å². The highest BCUT2D eigenvalue weighted by molar-refractivity contribution is 7.99. The fourth-order valence-corrected chi connectivity index (χ4v) is 2.09. The van der Waals surface area contributed by atoms with E-state index in [1.165, 1.54) is 11.8 Å². The van der Waals surface area contributed by atoms with Gasteiger partial charge >= 0.3 is 0 Å². The van der Waals surface area contributed by atoms with Gasteiger partial charge in [0.2, 0.25) is 5.91 Å². The van der Waals surface area contributed by atoms with Crippen LogP contribution in [0.4, 0.5) is 0 Å². The molecule has 0 atom stereocenters. The number of carbonyl (C=O) groups excluding carboxylic acids is 1. The number of benzene rings is 1. The van der Waals surface area contributed by atoms with E-state index in [1.807, 2.05) is 24.3 Å². The van der Waals surface area contributed by atoms with Crippen molar-refractivity contribution in [1.29, 1.82) is 0 Å². The van der Waals surface area contributed by atoms with Gasteiger partial charge in [-0.05, 0) is 12.1 Å². The van der Waals surface area contributed by atoms with Crippen molar-refractivity contribution in [1.82, 2.24) is 9.97 Å². The lowest BCUT2D eigenvalue weighted by molar-refractivity contribution is -0.117. The maximum absolute atomic E-state index is 10.5. The van der Waals surface area contributed by atoms with E-state index < -0.39 is 0 Å². The third-order valence-corrected chi connectivity index (χ3v) is 2.83. The number of para-hydroxylation sites is 2. The highest BCUT2D eigenvalue weighted by Gasteiger charge is 2.02. The lowest BCUT2D eigenvalue weighted by Gasteiger charge is -1.93. The Balaban J connectivity index is 2.05. The quantitative estimate of drug-likeness (QED) is 0.769. The van der Waals surface area contributed by atoms with E-state index in [0.717, 1.165) is 16.2 Å². The topological polar surface area (TPSA) is 71.8 Å². The third kappa shape index (κ3) is 2.50. The fraction of sp³-hybridized carbons (Fsp3) is 0.200. The van der Waals surface area contributed by atoms with Gasteiger partial charge < -0.3 is 10.7 Å². The number of nitrogens with two attached hydrogens (primary N) is 1. The van der Waals surface area contributed by atoms with Crippen LogP contribution in [0.2, 0.25) is 0 Å². The Bertz CT molecular complexity index is 447. The second-order valence-corrected chi connectivity index (χ2v) is 4.21. The van der Waals surface area contributed by atoms with E-state index in [9.17, 15) is 4.79 Å². The van der Waals surface area contributed by atoms with Gasteiger partial charge in [-0.3, -0.25) is 4.79 Å². The number of fused-ring (bicyclic) bond motifs is 1. The average Bonchev–Trinajstić information content (AvgIpc) is 2.59. The molecule has 2 rings (SSSR count). The Labute approximate surface area is 91.3 Å². The van der Waals surface area contributed by atoms with Crippen LogP contribution >= 0.6 is 11.8 Å².